The molecule has 0 unspecified atom stereocenters. The number of esters is 2. The molecule has 0 bridgehead atoms. The van der Waals surface area contributed by atoms with Gasteiger partial charge in [-0.3, -0.25) is 0 Å². The van der Waals surface area contributed by atoms with Crippen LogP contribution in [0.15, 0.2) is 90.5 Å². The van der Waals surface area contributed by atoms with Crippen molar-refractivity contribution in [3.05, 3.63) is 107 Å². The van der Waals surface area contributed by atoms with E-state index < -0.39 is 11.9 Å². The first-order valence-electron chi connectivity index (χ1n) is 10.6. The lowest BCUT2D eigenvalue weighted by Crippen LogP contribution is -2.06. The van der Waals surface area contributed by atoms with Gasteiger partial charge in [-0.1, -0.05) is 54.6 Å². The summed E-state index contributed by atoms with van der Waals surface area (Å²) in [5.74, 6) is -0.245. The van der Waals surface area contributed by atoms with E-state index >= 15 is 0 Å². The Labute approximate surface area is 198 Å². The molecule has 0 saturated carbocycles. The van der Waals surface area contributed by atoms with E-state index in [1.807, 2.05) is 60.7 Å². The standard InChI is InChI=1S/C28H23NO5/c1-2-32-28(31)24(19-29)17-23-9-6-10-26(18-23)34-27(30)16-13-21-11-14-25(15-12-21)33-20-22-7-4-3-5-8-22/h3-18H,2,20H2,1H3/b16-13+,24-17+. The molecule has 6 nitrogen and oxygen atoms in total. The Morgan fingerprint density at radius 1 is 0.912 bits per heavy atom. The highest BCUT2D eigenvalue weighted by atomic mass is 16.5. The normalized spacial score (nSPS) is 11.0. The van der Waals surface area contributed by atoms with Gasteiger partial charge in [0.25, 0.3) is 0 Å². The van der Waals surface area contributed by atoms with E-state index in [0.717, 1.165) is 16.9 Å². The lowest BCUT2D eigenvalue weighted by Gasteiger charge is -2.06. The Bertz CT molecular complexity index is 1220. The Morgan fingerprint density at radius 3 is 2.38 bits per heavy atom. The average molecular weight is 453 g/mol. The highest BCUT2D eigenvalue weighted by molar-refractivity contribution is 5.98. The van der Waals surface area contributed by atoms with Crippen LogP contribution in [0.25, 0.3) is 12.2 Å². The summed E-state index contributed by atoms with van der Waals surface area (Å²) < 4.78 is 15.9. The van der Waals surface area contributed by atoms with Crippen LogP contribution >= 0.6 is 0 Å². The first-order valence-corrected chi connectivity index (χ1v) is 10.6. The molecule has 3 aromatic carbocycles. The fourth-order valence-corrected chi connectivity index (χ4v) is 2.91. The molecule has 0 radical (unpaired) electrons. The van der Waals surface area contributed by atoms with Crippen LogP contribution < -0.4 is 9.47 Å². The zero-order valence-electron chi connectivity index (χ0n) is 18.6. The number of carbonyl (C=O) groups excluding carboxylic acids is 2. The molecular weight excluding hydrogens is 430 g/mol. The van der Waals surface area contributed by atoms with Crippen LogP contribution in [0.2, 0.25) is 0 Å². The van der Waals surface area contributed by atoms with Gasteiger partial charge in [-0.2, -0.15) is 5.26 Å². The number of ether oxygens (including phenoxy) is 3. The van der Waals surface area contributed by atoms with Gasteiger partial charge in [0.15, 0.2) is 0 Å². The van der Waals surface area contributed by atoms with Gasteiger partial charge in [-0.15, -0.1) is 0 Å². The van der Waals surface area contributed by atoms with Crippen LogP contribution in [0, 0.1) is 11.3 Å². The topological polar surface area (TPSA) is 85.6 Å². The van der Waals surface area contributed by atoms with Crippen molar-refractivity contribution in [2.24, 2.45) is 0 Å². The minimum absolute atomic E-state index is 0.138. The minimum atomic E-state index is -0.702. The van der Waals surface area contributed by atoms with Crippen molar-refractivity contribution in [3.63, 3.8) is 0 Å². The maximum atomic E-state index is 12.2. The summed E-state index contributed by atoms with van der Waals surface area (Å²) in [7, 11) is 0. The molecule has 3 aromatic rings. The number of rotatable bonds is 9. The smallest absolute Gasteiger partial charge is 0.348 e. The van der Waals surface area contributed by atoms with Gasteiger partial charge < -0.3 is 14.2 Å². The molecule has 0 atom stereocenters. The van der Waals surface area contributed by atoms with Crippen LogP contribution in [0.4, 0.5) is 0 Å². The lowest BCUT2D eigenvalue weighted by molar-refractivity contribution is -0.138. The number of nitriles is 1. The highest BCUT2D eigenvalue weighted by Crippen LogP contribution is 2.18. The molecule has 0 aliphatic carbocycles. The molecule has 170 valence electrons. The SMILES string of the molecule is CCOC(=O)/C(C#N)=C/c1cccc(OC(=O)/C=C/c2ccc(OCc3ccccc3)cc2)c1. The summed E-state index contributed by atoms with van der Waals surface area (Å²) in [6, 6.07) is 25.6. The van der Waals surface area contributed by atoms with E-state index in [4.69, 9.17) is 19.5 Å². The number of carbonyl (C=O) groups is 2. The maximum absolute atomic E-state index is 12.2. The molecule has 0 aliphatic rings. The summed E-state index contributed by atoms with van der Waals surface area (Å²) in [5, 5.41) is 9.16. The van der Waals surface area contributed by atoms with E-state index in [-0.39, 0.29) is 17.9 Å². The molecule has 0 aliphatic heterocycles. The molecule has 0 amide bonds. The number of hydrogen-bond donors (Lipinski definition) is 0. The van der Waals surface area contributed by atoms with Gasteiger partial charge in [0, 0.05) is 6.08 Å². The second-order valence-electron chi connectivity index (χ2n) is 7.06. The number of benzene rings is 3. The zero-order valence-corrected chi connectivity index (χ0v) is 18.6. The fraction of sp³-hybridized carbons (Fsp3) is 0.107. The summed E-state index contributed by atoms with van der Waals surface area (Å²) in [6.07, 6.45) is 4.34. The van der Waals surface area contributed by atoms with Crippen LogP contribution in [-0.2, 0) is 20.9 Å². The predicted molar refractivity (Wildman–Crippen MR) is 129 cm³/mol. The second kappa shape index (κ2) is 12.4. The van der Waals surface area contributed by atoms with Crippen LogP contribution in [-0.4, -0.2) is 18.5 Å². The van der Waals surface area contributed by atoms with Crippen molar-refractivity contribution in [2.75, 3.05) is 6.61 Å². The van der Waals surface area contributed by atoms with E-state index in [9.17, 15) is 9.59 Å². The third kappa shape index (κ3) is 7.50. The lowest BCUT2D eigenvalue weighted by atomic mass is 10.1. The molecular formula is C28H23NO5. The molecule has 0 N–H and O–H groups in total. The van der Waals surface area contributed by atoms with Crippen molar-refractivity contribution in [2.45, 2.75) is 13.5 Å². The van der Waals surface area contributed by atoms with Crippen molar-refractivity contribution in [1.29, 1.82) is 5.26 Å². The van der Waals surface area contributed by atoms with Crippen molar-refractivity contribution < 1.29 is 23.8 Å². The van der Waals surface area contributed by atoms with Crippen LogP contribution in [0.1, 0.15) is 23.6 Å². The number of hydrogen-bond acceptors (Lipinski definition) is 6. The Balaban J connectivity index is 1.57. The Kier molecular flexibility index (Phi) is 8.77. The van der Waals surface area contributed by atoms with Crippen LogP contribution in [0.3, 0.4) is 0 Å². The summed E-state index contributed by atoms with van der Waals surface area (Å²) in [6.45, 7) is 2.31. The third-order valence-electron chi connectivity index (χ3n) is 4.54. The predicted octanol–water partition coefficient (Wildman–Crippen LogP) is 5.35. The van der Waals surface area contributed by atoms with Gasteiger partial charge in [-0.05, 0) is 60.0 Å². The highest BCUT2D eigenvalue weighted by Gasteiger charge is 2.10. The fourth-order valence-electron chi connectivity index (χ4n) is 2.91. The van der Waals surface area contributed by atoms with Crippen molar-refractivity contribution >= 4 is 24.1 Å². The van der Waals surface area contributed by atoms with Gasteiger partial charge in [-0.25, -0.2) is 9.59 Å². The molecule has 0 aromatic heterocycles. The first kappa shape index (κ1) is 24.0. The van der Waals surface area contributed by atoms with E-state index in [1.54, 1.807) is 37.3 Å². The van der Waals surface area contributed by atoms with Crippen LogP contribution in [0.5, 0.6) is 11.5 Å². The summed E-state index contributed by atoms with van der Waals surface area (Å²) in [5.41, 5.74) is 2.29. The van der Waals surface area contributed by atoms with Gasteiger partial charge >= 0.3 is 11.9 Å². The molecule has 0 spiro atoms. The monoisotopic (exact) mass is 453 g/mol. The average Bonchev–Trinajstić information content (AvgIpc) is 2.86. The molecule has 0 heterocycles. The summed E-state index contributed by atoms with van der Waals surface area (Å²) in [4.78, 5) is 24.0. The molecule has 0 fully saturated rings. The maximum Gasteiger partial charge on any atom is 0.348 e. The van der Waals surface area contributed by atoms with Gasteiger partial charge in [0.05, 0.1) is 6.61 Å². The minimum Gasteiger partial charge on any atom is -0.489 e. The quantitative estimate of drug-likeness (QED) is 0.188. The molecule has 3 rings (SSSR count). The van der Waals surface area contributed by atoms with Gasteiger partial charge in [0.1, 0.15) is 29.7 Å². The van der Waals surface area contributed by atoms with Crippen molar-refractivity contribution in [3.8, 4) is 17.6 Å². The van der Waals surface area contributed by atoms with Gasteiger partial charge in [0.2, 0.25) is 0 Å². The second-order valence-corrected chi connectivity index (χ2v) is 7.06. The van der Waals surface area contributed by atoms with Crippen molar-refractivity contribution in [1.82, 2.24) is 0 Å². The van der Waals surface area contributed by atoms with E-state index in [2.05, 4.69) is 0 Å². The third-order valence-corrected chi connectivity index (χ3v) is 4.54. The zero-order chi connectivity index (χ0) is 24.2. The molecule has 6 heteroatoms. The Morgan fingerprint density at radius 2 is 1.68 bits per heavy atom. The number of nitrogens with zero attached hydrogens (tertiary/aromatic N) is 1. The Hall–Kier alpha value is -4.63. The van der Waals surface area contributed by atoms with E-state index in [0.29, 0.717) is 12.2 Å². The summed E-state index contributed by atoms with van der Waals surface area (Å²) >= 11 is 0. The van der Waals surface area contributed by atoms with E-state index in [1.165, 1.54) is 12.2 Å². The molecule has 0 saturated heterocycles. The largest absolute Gasteiger partial charge is 0.489 e. The first-order chi connectivity index (χ1) is 16.6. The molecule has 34 heavy (non-hydrogen) atoms.